The van der Waals surface area contributed by atoms with E-state index in [0.29, 0.717) is 0 Å². The van der Waals surface area contributed by atoms with Gasteiger partial charge in [-0.2, -0.15) is 13.2 Å². The lowest BCUT2D eigenvalue weighted by Gasteiger charge is -2.08. The Hall–Kier alpha value is -2.19. The standard InChI is InChI=1S/C15H12F3NO3S/c16-15(17,18)12-8-6-11(7-9-12)14(20)10-19-23(21,22)13-4-2-1-3-5-13/h1-9,19H,10H2. The highest BCUT2D eigenvalue weighted by molar-refractivity contribution is 7.89. The van der Waals surface area contributed by atoms with E-state index in [1.54, 1.807) is 6.07 Å². The normalized spacial score (nSPS) is 12.1. The summed E-state index contributed by atoms with van der Waals surface area (Å²) in [5.74, 6) is -0.627. The van der Waals surface area contributed by atoms with Crippen LogP contribution in [0, 0.1) is 0 Å². The summed E-state index contributed by atoms with van der Waals surface area (Å²) in [5, 5.41) is 0. The van der Waals surface area contributed by atoms with Crippen LogP contribution in [-0.2, 0) is 16.2 Å². The van der Waals surface area contributed by atoms with Gasteiger partial charge in [-0.05, 0) is 24.3 Å². The topological polar surface area (TPSA) is 63.2 Å². The van der Waals surface area contributed by atoms with E-state index in [9.17, 15) is 26.4 Å². The molecule has 1 N–H and O–H groups in total. The van der Waals surface area contributed by atoms with Crippen molar-refractivity contribution in [2.45, 2.75) is 11.1 Å². The number of ketones is 1. The number of nitrogens with one attached hydrogen (secondary N) is 1. The summed E-state index contributed by atoms with van der Waals surface area (Å²) in [6, 6.07) is 11.0. The SMILES string of the molecule is O=C(CNS(=O)(=O)c1ccccc1)c1ccc(C(F)(F)F)cc1. The number of halogens is 3. The first-order chi connectivity index (χ1) is 10.7. The quantitative estimate of drug-likeness (QED) is 0.849. The summed E-state index contributed by atoms with van der Waals surface area (Å²) in [6.45, 7) is -0.539. The smallest absolute Gasteiger partial charge is 0.293 e. The van der Waals surface area contributed by atoms with Crippen LogP contribution in [-0.4, -0.2) is 20.7 Å². The number of carbonyl (C=O) groups excluding carboxylic acids is 1. The van der Waals surface area contributed by atoms with Crippen molar-refractivity contribution < 1.29 is 26.4 Å². The molecule has 2 aromatic carbocycles. The third-order valence-electron chi connectivity index (χ3n) is 3.01. The minimum Gasteiger partial charge on any atom is -0.293 e. The van der Waals surface area contributed by atoms with Gasteiger partial charge in [0, 0.05) is 5.56 Å². The number of carbonyl (C=O) groups is 1. The van der Waals surface area contributed by atoms with Gasteiger partial charge >= 0.3 is 6.18 Å². The van der Waals surface area contributed by atoms with Crippen molar-refractivity contribution in [3.05, 3.63) is 65.7 Å². The second-order valence-corrected chi connectivity index (χ2v) is 6.40. The summed E-state index contributed by atoms with van der Waals surface area (Å²) < 4.78 is 63.3. The fraction of sp³-hybridized carbons (Fsp3) is 0.133. The van der Waals surface area contributed by atoms with Crippen molar-refractivity contribution in [3.63, 3.8) is 0 Å². The number of sulfonamides is 1. The molecule has 0 atom stereocenters. The number of hydrogen-bond donors (Lipinski definition) is 1. The largest absolute Gasteiger partial charge is 0.416 e. The summed E-state index contributed by atoms with van der Waals surface area (Å²) in [6.07, 6.45) is -4.49. The lowest BCUT2D eigenvalue weighted by atomic mass is 10.1. The Morgan fingerprint density at radius 1 is 0.957 bits per heavy atom. The molecule has 4 nitrogen and oxygen atoms in total. The number of hydrogen-bond acceptors (Lipinski definition) is 3. The number of alkyl halides is 3. The average Bonchev–Trinajstić information content (AvgIpc) is 2.53. The highest BCUT2D eigenvalue weighted by Gasteiger charge is 2.30. The fourth-order valence-corrected chi connectivity index (χ4v) is 2.79. The van der Waals surface area contributed by atoms with E-state index >= 15 is 0 Å². The molecule has 0 aromatic heterocycles. The molecule has 0 bridgehead atoms. The molecule has 0 heterocycles. The van der Waals surface area contributed by atoms with Gasteiger partial charge in [0.25, 0.3) is 0 Å². The Balaban J connectivity index is 2.05. The van der Waals surface area contributed by atoms with Gasteiger partial charge in [-0.25, -0.2) is 13.1 Å². The molecule has 23 heavy (non-hydrogen) atoms. The highest BCUT2D eigenvalue weighted by atomic mass is 32.2. The molecule has 0 saturated heterocycles. The molecule has 0 amide bonds. The van der Waals surface area contributed by atoms with E-state index in [0.717, 1.165) is 24.3 Å². The van der Waals surface area contributed by atoms with Crippen LogP contribution in [0.1, 0.15) is 15.9 Å². The molecular weight excluding hydrogens is 331 g/mol. The minimum atomic E-state index is -4.49. The van der Waals surface area contributed by atoms with Gasteiger partial charge < -0.3 is 0 Å². The van der Waals surface area contributed by atoms with Gasteiger partial charge in [0.2, 0.25) is 10.0 Å². The van der Waals surface area contributed by atoms with Gasteiger partial charge in [-0.3, -0.25) is 4.79 Å². The maximum Gasteiger partial charge on any atom is 0.416 e. The van der Waals surface area contributed by atoms with Gasteiger partial charge in [-0.15, -0.1) is 0 Å². The van der Waals surface area contributed by atoms with Crippen molar-refractivity contribution in [1.82, 2.24) is 4.72 Å². The van der Waals surface area contributed by atoms with Crippen LogP contribution in [0.3, 0.4) is 0 Å². The van der Waals surface area contributed by atoms with E-state index < -0.39 is 34.1 Å². The first-order valence-electron chi connectivity index (χ1n) is 6.45. The van der Waals surface area contributed by atoms with Crippen LogP contribution in [0.15, 0.2) is 59.5 Å². The average molecular weight is 343 g/mol. The van der Waals surface area contributed by atoms with Crippen LogP contribution in [0.2, 0.25) is 0 Å². The number of rotatable bonds is 5. The number of benzene rings is 2. The molecule has 0 saturated carbocycles. The van der Waals surface area contributed by atoms with E-state index in [2.05, 4.69) is 4.72 Å². The second kappa shape index (κ2) is 6.51. The minimum absolute atomic E-state index is 0.000203. The summed E-state index contributed by atoms with van der Waals surface area (Å²) in [7, 11) is -3.85. The van der Waals surface area contributed by atoms with Gasteiger partial charge in [0.1, 0.15) is 0 Å². The predicted molar refractivity (Wildman–Crippen MR) is 77.4 cm³/mol. The Kier molecular flexibility index (Phi) is 4.86. The summed E-state index contributed by atoms with van der Waals surface area (Å²) >= 11 is 0. The zero-order valence-corrected chi connectivity index (χ0v) is 12.5. The van der Waals surface area contributed by atoms with Crippen LogP contribution < -0.4 is 4.72 Å². The summed E-state index contributed by atoms with van der Waals surface area (Å²) in [4.78, 5) is 11.9. The van der Waals surface area contributed by atoms with Crippen molar-refractivity contribution >= 4 is 15.8 Å². The first-order valence-corrected chi connectivity index (χ1v) is 7.93. The highest BCUT2D eigenvalue weighted by Crippen LogP contribution is 2.29. The maximum absolute atomic E-state index is 12.4. The monoisotopic (exact) mass is 343 g/mol. The van der Waals surface area contributed by atoms with E-state index in [4.69, 9.17) is 0 Å². The van der Waals surface area contributed by atoms with Gasteiger partial charge in [-0.1, -0.05) is 30.3 Å². The molecule has 8 heteroatoms. The van der Waals surface area contributed by atoms with E-state index in [1.165, 1.54) is 24.3 Å². The van der Waals surface area contributed by atoms with E-state index in [-0.39, 0.29) is 10.5 Å². The molecule has 0 spiro atoms. The van der Waals surface area contributed by atoms with Crippen LogP contribution >= 0.6 is 0 Å². The Bertz CT molecular complexity index is 785. The van der Waals surface area contributed by atoms with Crippen LogP contribution in [0.4, 0.5) is 13.2 Å². The zero-order chi connectivity index (χ0) is 17.1. The van der Waals surface area contributed by atoms with Crippen molar-refractivity contribution in [2.24, 2.45) is 0 Å². The van der Waals surface area contributed by atoms with Crippen molar-refractivity contribution in [1.29, 1.82) is 0 Å². The summed E-state index contributed by atoms with van der Waals surface area (Å²) in [5.41, 5.74) is -0.882. The van der Waals surface area contributed by atoms with Crippen molar-refractivity contribution in [2.75, 3.05) is 6.54 Å². The Labute approximate surface area is 131 Å². The van der Waals surface area contributed by atoms with Gasteiger partial charge in [0.05, 0.1) is 17.0 Å². The molecule has 2 aromatic rings. The molecule has 0 unspecified atom stereocenters. The molecule has 0 radical (unpaired) electrons. The van der Waals surface area contributed by atoms with Crippen LogP contribution in [0.5, 0.6) is 0 Å². The molecule has 0 fully saturated rings. The lowest BCUT2D eigenvalue weighted by molar-refractivity contribution is -0.137. The third kappa shape index (κ3) is 4.40. The Morgan fingerprint density at radius 2 is 1.52 bits per heavy atom. The lowest BCUT2D eigenvalue weighted by Crippen LogP contribution is -2.29. The Morgan fingerprint density at radius 3 is 2.04 bits per heavy atom. The van der Waals surface area contributed by atoms with Crippen molar-refractivity contribution in [3.8, 4) is 0 Å². The zero-order valence-electron chi connectivity index (χ0n) is 11.7. The first kappa shape index (κ1) is 17.2. The molecule has 0 aliphatic carbocycles. The fourth-order valence-electron chi connectivity index (χ4n) is 1.79. The van der Waals surface area contributed by atoms with E-state index in [1.807, 2.05) is 0 Å². The molecule has 0 aliphatic rings. The van der Waals surface area contributed by atoms with Gasteiger partial charge in [0.15, 0.2) is 5.78 Å². The molecule has 0 aliphatic heterocycles. The maximum atomic E-state index is 12.4. The predicted octanol–water partition coefficient (Wildman–Crippen LogP) is 2.87. The molecule has 122 valence electrons. The molecule has 2 rings (SSSR count). The van der Waals surface area contributed by atoms with Crippen LogP contribution in [0.25, 0.3) is 0 Å². The number of Topliss-reactive ketones (excluding diaryl/α,β-unsaturated/α-hetero) is 1. The third-order valence-corrected chi connectivity index (χ3v) is 4.43. The second-order valence-electron chi connectivity index (χ2n) is 4.64. The molecular formula is C15H12F3NO3S.